The molecule has 0 aliphatic rings. The number of halogens is 1. The second kappa shape index (κ2) is 9.43. The molecule has 0 bridgehead atoms. The molecule has 0 saturated carbocycles. The molecule has 0 aliphatic carbocycles. The fourth-order valence-electron chi connectivity index (χ4n) is 3.72. The van der Waals surface area contributed by atoms with Crippen LogP contribution >= 0.6 is 15.9 Å². The van der Waals surface area contributed by atoms with E-state index in [2.05, 4.69) is 26.2 Å². The molecule has 6 nitrogen and oxygen atoms in total. The van der Waals surface area contributed by atoms with Gasteiger partial charge in [0.25, 0.3) is 5.91 Å². The Hall–Kier alpha value is -2.67. The highest BCUT2D eigenvalue weighted by molar-refractivity contribution is 9.10. The van der Waals surface area contributed by atoms with Crippen LogP contribution in [-0.2, 0) is 17.9 Å². The molecular formula is C23H27BrN4O2. The third-order valence-corrected chi connectivity index (χ3v) is 5.41. The number of hydrogen-bond donors (Lipinski definition) is 1. The Morgan fingerprint density at radius 3 is 2.43 bits per heavy atom. The van der Waals surface area contributed by atoms with Crippen LogP contribution < -0.4 is 5.32 Å². The van der Waals surface area contributed by atoms with Gasteiger partial charge in [-0.15, -0.1) is 0 Å². The fourth-order valence-corrected chi connectivity index (χ4v) is 4.12. The Labute approximate surface area is 185 Å². The lowest BCUT2D eigenvalue weighted by Crippen LogP contribution is -2.44. The number of aromatic nitrogens is 2. The number of nitrogens with zero attached hydrogens (tertiary/aromatic N) is 3. The third-order valence-electron chi connectivity index (χ3n) is 4.92. The molecule has 0 spiro atoms. The number of para-hydroxylation sites is 2. The van der Waals surface area contributed by atoms with E-state index in [9.17, 15) is 9.59 Å². The predicted octanol–water partition coefficient (Wildman–Crippen LogP) is 4.37. The van der Waals surface area contributed by atoms with E-state index in [-0.39, 0.29) is 37.0 Å². The van der Waals surface area contributed by atoms with Gasteiger partial charge in [0.05, 0.1) is 17.6 Å². The summed E-state index contributed by atoms with van der Waals surface area (Å²) in [6.45, 7) is 8.48. The number of benzene rings is 2. The van der Waals surface area contributed by atoms with Crippen molar-refractivity contribution in [2.24, 2.45) is 0 Å². The van der Waals surface area contributed by atoms with Crippen LogP contribution in [0.5, 0.6) is 0 Å². The van der Waals surface area contributed by atoms with Crippen LogP contribution in [0.25, 0.3) is 11.0 Å². The highest BCUT2D eigenvalue weighted by Crippen LogP contribution is 2.18. The zero-order valence-corrected chi connectivity index (χ0v) is 19.3. The van der Waals surface area contributed by atoms with Gasteiger partial charge in [0, 0.05) is 22.1 Å². The lowest BCUT2D eigenvalue weighted by Gasteiger charge is -2.31. The summed E-state index contributed by atoms with van der Waals surface area (Å²) in [4.78, 5) is 32.2. The first-order valence-corrected chi connectivity index (χ1v) is 10.9. The van der Waals surface area contributed by atoms with Crippen molar-refractivity contribution in [3.05, 3.63) is 64.4 Å². The second-order valence-electron chi connectivity index (χ2n) is 7.78. The Kier molecular flexibility index (Phi) is 6.92. The van der Waals surface area contributed by atoms with E-state index in [0.717, 1.165) is 15.5 Å². The number of carbonyl (C=O) groups is 2. The minimum atomic E-state index is -0.188. The first-order chi connectivity index (χ1) is 14.3. The van der Waals surface area contributed by atoms with E-state index < -0.39 is 0 Å². The van der Waals surface area contributed by atoms with Crippen molar-refractivity contribution >= 4 is 38.8 Å². The van der Waals surface area contributed by atoms with Crippen molar-refractivity contribution in [3.63, 3.8) is 0 Å². The summed E-state index contributed by atoms with van der Waals surface area (Å²) in [6, 6.07) is 15.1. The third kappa shape index (κ3) is 4.90. The Balaban J connectivity index is 1.86. The van der Waals surface area contributed by atoms with E-state index in [1.807, 2.05) is 73.6 Å². The van der Waals surface area contributed by atoms with Crippen molar-refractivity contribution < 1.29 is 9.59 Å². The average Bonchev–Trinajstić information content (AvgIpc) is 3.03. The van der Waals surface area contributed by atoms with Crippen molar-refractivity contribution in [3.8, 4) is 0 Å². The molecule has 0 aliphatic heterocycles. The van der Waals surface area contributed by atoms with E-state index in [4.69, 9.17) is 0 Å². The molecule has 2 aromatic carbocycles. The first kappa shape index (κ1) is 22.0. The number of amides is 2. The normalized spacial score (nSPS) is 11.3. The maximum absolute atomic E-state index is 13.1. The minimum Gasteiger partial charge on any atom is -0.345 e. The summed E-state index contributed by atoms with van der Waals surface area (Å²) >= 11 is 3.39. The monoisotopic (exact) mass is 470 g/mol. The van der Waals surface area contributed by atoms with Crippen molar-refractivity contribution in [1.82, 2.24) is 19.8 Å². The van der Waals surface area contributed by atoms with Gasteiger partial charge in [-0.05, 0) is 58.0 Å². The zero-order valence-electron chi connectivity index (χ0n) is 17.7. The molecule has 0 saturated heterocycles. The molecule has 3 aromatic rings. The minimum absolute atomic E-state index is 0.0303. The Bertz CT molecular complexity index is 1050. The van der Waals surface area contributed by atoms with Crippen LogP contribution in [0.4, 0.5) is 0 Å². The summed E-state index contributed by atoms with van der Waals surface area (Å²) in [5, 5.41) is 2.92. The van der Waals surface area contributed by atoms with E-state index >= 15 is 0 Å². The van der Waals surface area contributed by atoms with E-state index in [0.29, 0.717) is 11.4 Å². The standard InChI is InChI=1S/C23H27BrN4O2/c1-15(2)28(16(3)4)22(29)14-27-20-11-6-5-10-19(20)26-21(27)13-25-23(30)17-8-7-9-18(24)12-17/h5-12,15-16H,13-14H2,1-4H3,(H,25,30). The van der Waals surface area contributed by atoms with Crippen LogP contribution in [0, 0.1) is 0 Å². The molecule has 0 fully saturated rings. The number of fused-ring (bicyclic) bond motifs is 1. The molecule has 2 amide bonds. The van der Waals surface area contributed by atoms with Crippen LogP contribution in [0.3, 0.4) is 0 Å². The highest BCUT2D eigenvalue weighted by Gasteiger charge is 2.22. The maximum Gasteiger partial charge on any atom is 0.251 e. The summed E-state index contributed by atoms with van der Waals surface area (Å²) in [5.41, 5.74) is 2.25. The molecule has 158 valence electrons. The summed E-state index contributed by atoms with van der Waals surface area (Å²) in [5.74, 6) is 0.496. The average molecular weight is 471 g/mol. The quantitative estimate of drug-likeness (QED) is 0.557. The highest BCUT2D eigenvalue weighted by atomic mass is 79.9. The lowest BCUT2D eigenvalue weighted by atomic mass is 10.2. The van der Waals surface area contributed by atoms with Crippen molar-refractivity contribution in [2.75, 3.05) is 0 Å². The van der Waals surface area contributed by atoms with Gasteiger partial charge in [-0.2, -0.15) is 0 Å². The Morgan fingerprint density at radius 1 is 1.07 bits per heavy atom. The molecule has 0 radical (unpaired) electrons. The van der Waals surface area contributed by atoms with Crippen LogP contribution in [-0.4, -0.2) is 38.3 Å². The second-order valence-corrected chi connectivity index (χ2v) is 8.70. The van der Waals surface area contributed by atoms with Gasteiger partial charge in [0.15, 0.2) is 0 Å². The molecule has 1 N–H and O–H groups in total. The topological polar surface area (TPSA) is 67.2 Å². The number of nitrogens with one attached hydrogen (secondary N) is 1. The van der Waals surface area contributed by atoms with Gasteiger partial charge >= 0.3 is 0 Å². The van der Waals surface area contributed by atoms with Crippen LogP contribution in [0.15, 0.2) is 53.0 Å². The lowest BCUT2D eigenvalue weighted by molar-refractivity contribution is -0.135. The largest absolute Gasteiger partial charge is 0.345 e. The maximum atomic E-state index is 13.1. The molecule has 0 atom stereocenters. The van der Waals surface area contributed by atoms with Gasteiger partial charge < -0.3 is 14.8 Å². The Morgan fingerprint density at radius 2 is 1.77 bits per heavy atom. The van der Waals surface area contributed by atoms with Gasteiger partial charge in [-0.3, -0.25) is 9.59 Å². The zero-order chi connectivity index (χ0) is 21.8. The summed E-state index contributed by atoms with van der Waals surface area (Å²) < 4.78 is 2.74. The number of imidazole rings is 1. The van der Waals surface area contributed by atoms with Gasteiger partial charge in [0.1, 0.15) is 12.4 Å². The van der Waals surface area contributed by atoms with Gasteiger partial charge in [0.2, 0.25) is 5.91 Å². The van der Waals surface area contributed by atoms with Crippen molar-refractivity contribution in [2.45, 2.75) is 52.9 Å². The van der Waals surface area contributed by atoms with Gasteiger partial charge in [-0.1, -0.05) is 34.1 Å². The SMILES string of the molecule is CC(C)N(C(=O)Cn1c(CNC(=O)c2cccc(Br)c2)nc2ccccc21)C(C)C. The molecule has 0 unspecified atom stereocenters. The fraction of sp³-hybridized carbons (Fsp3) is 0.348. The van der Waals surface area contributed by atoms with E-state index in [1.54, 1.807) is 12.1 Å². The van der Waals surface area contributed by atoms with Gasteiger partial charge in [-0.25, -0.2) is 4.98 Å². The molecule has 7 heteroatoms. The number of hydrogen-bond acceptors (Lipinski definition) is 3. The molecule has 3 rings (SSSR count). The molecule has 1 heterocycles. The molecule has 1 aromatic heterocycles. The predicted molar refractivity (Wildman–Crippen MR) is 122 cm³/mol. The molecular weight excluding hydrogens is 444 g/mol. The van der Waals surface area contributed by atoms with Crippen molar-refractivity contribution in [1.29, 1.82) is 0 Å². The summed E-state index contributed by atoms with van der Waals surface area (Å²) in [6.07, 6.45) is 0. The number of carbonyl (C=O) groups excluding carboxylic acids is 2. The van der Waals surface area contributed by atoms with Crippen LogP contribution in [0.1, 0.15) is 43.9 Å². The number of rotatable bonds is 7. The first-order valence-electron chi connectivity index (χ1n) is 10.1. The summed E-state index contributed by atoms with van der Waals surface area (Å²) in [7, 11) is 0. The van der Waals surface area contributed by atoms with Crippen LogP contribution in [0.2, 0.25) is 0 Å². The van der Waals surface area contributed by atoms with E-state index in [1.165, 1.54) is 0 Å². The molecule has 30 heavy (non-hydrogen) atoms. The smallest absolute Gasteiger partial charge is 0.251 e.